The number of likely N-dealkylation sites (tertiary alicyclic amines) is 1. The van der Waals surface area contributed by atoms with E-state index in [1.165, 1.54) is 6.07 Å². The van der Waals surface area contributed by atoms with Crippen LogP contribution in [0.3, 0.4) is 0 Å². The third-order valence-corrected chi connectivity index (χ3v) is 7.38. The summed E-state index contributed by atoms with van der Waals surface area (Å²) in [6.45, 7) is 4.78. The number of carbonyl (C=O) groups is 1. The van der Waals surface area contributed by atoms with E-state index in [-0.39, 0.29) is 17.6 Å². The molecule has 1 amide bonds. The number of hydrogen-bond donors (Lipinski definition) is 2. The molecule has 34 heavy (non-hydrogen) atoms. The van der Waals surface area contributed by atoms with Crippen LogP contribution in [-0.4, -0.2) is 53.5 Å². The van der Waals surface area contributed by atoms with Crippen LogP contribution in [0, 0.1) is 17.7 Å². The molecule has 2 aromatic carbocycles. The highest BCUT2D eigenvalue weighted by Crippen LogP contribution is 2.26. The zero-order valence-corrected chi connectivity index (χ0v) is 20.0. The normalized spacial score (nSPS) is 20.1. The first-order valence-corrected chi connectivity index (χ1v) is 12.6. The summed E-state index contributed by atoms with van der Waals surface area (Å²) >= 11 is 6.10. The maximum Gasteiger partial charge on any atom is 0.224 e. The number of hydrogen-bond acceptors (Lipinski definition) is 4. The maximum absolute atomic E-state index is 13.9. The maximum atomic E-state index is 13.9. The smallest absolute Gasteiger partial charge is 0.224 e. The van der Waals surface area contributed by atoms with E-state index < -0.39 is 0 Å². The van der Waals surface area contributed by atoms with Crippen molar-refractivity contribution in [2.45, 2.75) is 32.2 Å². The molecule has 180 valence electrons. The predicted octanol–water partition coefficient (Wildman–Crippen LogP) is 4.60. The second kappa shape index (κ2) is 10.3. The van der Waals surface area contributed by atoms with Gasteiger partial charge in [-0.05, 0) is 69.0 Å². The van der Waals surface area contributed by atoms with Crippen LogP contribution in [-0.2, 0) is 11.3 Å². The molecule has 5 rings (SSSR count). The molecular weight excluding hydrogens is 453 g/mol. The molecule has 2 fully saturated rings. The lowest BCUT2D eigenvalue weighted by Crippen LogP contribution is -2.45. The van der Waals surface area contributed by atoms with Crippen LogP contribution in [0.1, 0.15) is 31.2 Å². The Balaban J connectivity index is 1.09. The van der Waals surface area contributed by atoms with Crippen LogP contribution in [0.15, 0.2) is 42.5 Å². The predicted molar refractivity (Wildman–Crippen MR) is 133 cm³/mol. The molecule has 2 N–H and O–H groups in total. The Morgan fingerprint density at radius 3 is 2.79 bits per heavy atom. The Bertz CT molecular complexity index is 1140. The number of fused-ring (bicyclic) bond motifs is 1. The summed E-state index contributed by atoms with van der Waals surface area (Å²) in [7, 11) is 0. The van der Waals surface area contributed by atoms with E-state index in [1.54, 1.807) is 6.07 Å². The molecule has 0 radical (unpaired) electrons. The highest BCUT2D eigenvalue weighted by molar-refractivity contribution is 6.31. The zero-order chi connectivity index (χ0) is 23.5. The Morgan fingerprint density at radius 2 is 1.97 bits per heavy atom. The van der Waals surface area contributed by atoms with E-state index in [9.17, 15) is 9.18 Å². The lowest BCUT2D eigenvalue weighted by molar-refractivity contribution is -0.125. The minimum absolute atomic E-state index is 0.0355. The van der Waals surface area contributed by atoms with Crippen molar-refractivity contribution < 1.29 is 9.18 Å². The fourth-order valence-corrected chi connectivity index (χ4v) is 5.28. The van der Waals surface area contributed by atoms with E-state index in [4.69, 9.17) is 11.6 Å². The number of imidazole rings is 1. The summed E-state index contributed by atoms with van der Waals surface area (Å²) in [5.74, 6) is 1.24. The molecule has 0 bridgehead atoms. The van der Waals surface area contributed by atoms with Gasteiger partial charge in [-0.25, -0.2) is 9.37 Å². The monoisotopic (exact) mass is 483 g/mol. The quantitative estimate of drug-likeness (QED) is 0.538. The van der Waals surface area contributed by atoms with Gasteiger partial charge in [-0.2, -0.15) is 0 Å². The summed E-state index contributed by atoms with van der Waals surface area (Å²) < 4.78 is 13.9. The van der Waals surface area contributed by atoms with Crippen molar-refractivity contribution in [3.8, 4) is 0 Å². The number of amides is 1. The molecule has 2 saturated heterocycles. The van der Waals surface area contributed by atoms with Crippen LogP contribution >= 0.6 is 11.6 Å². The van der Waals surface area contributed by atoms with Crippen molar-refractivity contribution in [1.82, 2.24) is 20.2 Å². The Kier molecular flexibility index (Phi) is 7.02. The molecule has 0 unspecified atom stereocenters. The van der Waals surface area contributed by atoms with Crippen molar-refractivity contribution in [3.05, 3.63) is 58.9 Å². The van der Waals surface area contributed by atoms with Crippen molar-refractivity contribution in [2.75, 3.05) is 37.6 Å². The summed E-state index contributed by atoms with van der Waals surface area (Å²) in [6.07, 6.45) is 3.90. The average molecular weight is 484 g/mol. The minimum atomic E-state index is -0.134. The first kappa shape index (κ1) is 23.1. The van der Waals surface area contributed by atoms with Crippen LogP contribution < -0.4 is 10.2 Å². The Hall–Kier alpha value is -2.64. The standard InChI is InChI=1S/C26H31ClFN5O/c27-21-7-8-23-24(14-21)31-26(30-23)33-11-3-5-20(17-33)25(34)29-15-18-9-12-32(13-10-18)16-19-4-1-2-6-22(19)28/h1-2,4,6-8,14,18,20H,3,5,9-13,15-17H2,(H,29,34)(H,30,31)/t20-/m1/s1. The lowest BCUT2D eigenvalue weighted by atomic mass is 9.94. The fourth-order valence-electron chi connectivity index (χ4n) is 5.11. The van der Waals surface area contributed by atoms with Crippen LogP contribution in [0.5, 0.6) is 0 Å². The minimum Gasteiger partial charge on any atom is -0.356 e. The van der Waals surface area contributed by atoms with E-state index in [0.717, 1.165) is 67.9 Å². The first-order chi connectivity index (χ1) is 16.5. The van der Waals surface area contributed by atoms with E-state index in [1.807, 2.05) is 30.3 Å². The van der Waals surface area contributed by atoms with Gasteiger partial charge < -0.3 is 15.2 Å². The highest BCUT2D eigenvalue weighted by atomic mass is 35.5. The molecule has 2 aliphatic heterocycles. The number of rotatable bonds is 6. The van der Waals surface area contributed by atoms with Gasteiger partial charge in [0.05, 0.1) is 17.0 Å². The Labute approximate surface area is 204 Å². The third-order valence-electron chi connectivity index (χ3n) is 7.15. The number of nitrogens with one attached hydrogen (secondary N) is 2. The van der Waals surface area contributed by atoms with E-state index >= 15 is 0 Å². The van der Waals surface area contributed by atoms with Gasteiger partial charge in [0, 0.05) is 36.8 Å². The number of nitrogens with zero attached hydrogens (tertiary/aromatic N) is 3. The molecule has 2 aliphatic rings. The second-order valence-corrected chi connectivity index (χ2v) is 10.00. The van der Waals surface area contributed by atoms with Crippen molar-refractivity contribution in [2.24, 2.45) is 11.8 Å². The fraction of sp³-hybridized carbons (Fsp3) is 0.462. The van der Waals surface area contributed by atoms with Crippen molar-refractivity contribution in [3.63, 3.8) is 0 Å². The number of anilines is 1. The van der Waals surface area contributed by atoms with Gasteiger partial charge in [0.1, 0.15) is 5.82 Å². The molecule has 0 saturated carbocycles. The van der Waals surface area contributed by atoms with Gasteiger partial charge in [0.15, 0.2) is 0 Å². The second-order valence-electron chi connectivity index (χ2n) is 9.56. The summed E-state index contributed by atoms with van der Waals surface area (Å²) in [4.78, 5) is 25.4. The molecule has 0 spiro atoms. The number of H-pyrrole nitrogens is 1. The number of aromatic amines is 1. The van der Waals surface area contributed by atoms with Gasteiger partial charge in [-0.1, -0.05) is 29.8 Å². The largest absolute Gasteiger partial charge is 0.356 e. The van der Waals surface area contributed by atoms with Crippen LogP contribution in [0.2, 0.25) is 5.02 Å². The van der Waals surface area contributed by atoms with Gasteiger partial charge in [0.25, 0.3) is 0 Å². The Morgan fingerprint density at radius 1 is 1.15 bits per heavy atom. The zero-order valence-electron chi connectivity index (χ0n) is 19.3. The van der Waals surface area contributed by atoms with Gasteiger partial charge in [-0.3, -0.25) is 9.69 Å². The average Bonchev–Trinajstić information content (AvgIpc) is 3.28. The molecule has 6 nitrogen and oxygen atoms in total. The topological polar surface area (TPSA) is 64.3 Å². The summed E-state index contributed by atoms with van der Waals surface area (Å²) in [5.41, 5.74) is 2.55. The number of aromatic nitrogens is 2. The van der Waals surface area contributed by atoms with Gasteiger partial charge >= 0.3 is 0 Å². The number of carbonyl (C=O) groups excluding carboxylic acids is 1. The molecule has 0 aliphatic carbocycles. The molecule has 3 heterocycles. The van der Waals surface area contributed by atoms with Crippen LogP contribution in [0.4, 0.5) is 10.3 Å². The molecule has 8 heteroatoms. The molecule has 1 aromatic heterocycles. The molecular formula is C26H31ClFN5O. The van der Waals surface area contributed by atoms with Crippen LogP contribution in [0.25, 0.3) is 11.0 Å². The highest BCUT2D eigenvalue weighted by Gasteiger charge is 2.28. The van der Waals surface area contributed by atoms with E-state index in [0.29, 0.717) is 30.6 Å². The first-order valence-electron chi connectivity index (χ1n) is 12.2. The number of halogens is 2. The molecule has 3 aromatic rings. The number of benzene rings is 2. The third kappa shape index (κ3) is 5.36. The van der Waals surface area contributed by atoms with Gasteiger partial charge in [-0.15, -0.1) is 0 Å². The van der Waals surface area contributed by atoms with Gasteiger partial charge in [0.2, 0.25) is 11.9 Å². The van der Waals surface area contributed by atoms with Crippen molar-refractivity contribution in [1.29, 1.82) is 0 Å². The van der Waals surface area contributed by atoms with E-state index in [2.05, 4.69) is 25.1 Å². The summed E-state index contributed by atoms with van der Waals surface area (Å²) in [6, 6.07) is 12.6. The lowest BCUT2D eigenvalue weighted by Gasteiger charge is -2.34. The SMILES string of the molecule is O=C(NCC1CCN(Cc2ccccc2F)CC1)[C@@H]1CCCN(c2nc3ccc(Cl)cc3[nH]2)C1. The molecule has 1 atom stereocenters. The van der Waals surface area contributed by atoms with Crippen molar-refractivity contribution >= 4 is 34.5 Å². The number of piperidine rings is 2. The summed E-state index contributed by atoms with van der Waals surface area (Å²) in [5, 5.41) is 3.89.